The van der Waals surface area contributed by atoms with Gasteiger partial charge in [0.15, 0.2) is 0 Å². The summed E-state index contributed by atoms with van der Waals surface area (Å²) in [5, 5.41) is 8.33. The van der Waals surface area contributed by atoms with Gasteiger partial charge in [0.1, 0.15) is 0 Å². The average Bonchev–Trinajstić information content (AvgIpc) is 1.83. The van der Waals surface area contributed by atoms with Crippen molar-refractivity contribution in [1.29, 1.82) is 5.26 Å². The summed E-state index contributed by atoms with van der Waals surface area (Å²) in [6, 6.07) is 2.08. The Labute approximate surface area is 57.0 Å². The van der Waals surface area contributed by atoms with Crippen molar-refractivity contribution in [3.05, 3.63) is 11.6 Å². The highest BCUT2D eigenvalue weighted by Crippen LogP contribution is 2.02. The second kappa shape index (κ2) is 4.14. The average molecular weight is 123 g/mol. The SMILES string of the molecule is C/C(C#N)=C/CC(C)C. The molecule has 0 aromatic heterocycles. The fraction of sp³-hybridized carbons (Fsp3) is 0.625. The zero-order valence-corrected chi connectivity index (χ0v) is 6.31. The number of nitrogens with zero attached hydrogens (tertiary/aromatic N) is 1. The van der Waals surface area contributed by atoms with Crippen molar-refractivity contribution in [1.82, 2.24) is 0 Å². The third-order valence-corrected chi connectivity index (χ3v) is 1.07. The summed E-state index contributed by atoms with van der Waals surface area (Å²) in [4.78, 5) is 0. The van der Waals surface area contributed by atoms with Crippen LogP contribution in [-0.2, 0) is 0 Å². The number of allylic oxidation sites excluding steroid dienone is 2. The van der Waals surface area contributed by atoms with Crippen molar-refractivity contribution in [2.45, 2.75) is 27.2 Å². The molecule has 0 aliphatic heterocycles. The van der Waals surface area contributed by atoms with Crippen LogP contribution in [0.5, 0.6) is 0 Å². The molecule has 1 heteroatoms. The second-order valence-electron chi connectivity index (χ2n) is 2.63. The van der Waals surface area contributed by atoms with Gasteiger partial charge in [-0.2, -0.15) is 5.26 Å². The molecule has 0 aliphatic carbocycles. The molecule has 0 saturated carbocycles. The van der Waals surface area contributed by atoms with E-state index in [2.05, 4.69) is 19.9 Å². The fourth-order valence-electron chi connectivity index (χ4n) is 0.458. The van der Waals surface area contributed by atoms with Crippen LogP contribution in [0.3, 0.4) is 0 Å². The van der Waals surface area contributed by atoms with Crippen LogP contribution in [0.15, 0.2) is 11.6 Å². The molecule has 0 radical (unpaired) electrons. The smallest absolute Gasteiger partial charge is 0.0940 e. The van der Waals surface area contributed by atoms with Gasteiger partial charge in [-0.3, -0.25) is 0 Å². The molecular formula is C8H13N. The van der Waals surface area contributed by atoms with Crippen LogP contribution >= 0.6 is 0 Å². The van der Waals surface area contributed by atoms with Gasteiger partial charge in [-0.05, 0) is 19.3 Å². The molecule has 0 aromatic rings. The summed E-state index contributed by atoms with van der Waals surface area (Å²) < 4.78 is 0. The van der Waals surface area contributed by atoms with Gasteiger partial charge in [0.05, 0.1) is 6.07 Å². The van der Waals surface area contributed by atoms with E-state index < -0.39 is 0 Å². The van der Waals surface area contributed by atoms with Crippen LogP contribution in [-0.4, -0.2) is 0 Å². The summed E-state index contributed by atoms with van der Waals surface area (Å²) in [5.74, 6) is 0.660. The number of nitriles is 1. The largest absolute Gasteiger partial charge is 0.193 e. The molecule has 0 spiro atoms. The summed E-state index contributed by atoms with van der Waals surface area (Å²) >= 11 is 0. The van der Waals surface area contributed by atoms with Crippen LogP contribution in [0, 0.1) is 17.2 Å². The van der Waals surface area contributed by atoms with E-state index in [4.69, 9.17) is 5.26 Å². The molecule has 50 valence electrons. The second-order valence-corrected chi connectivity index (χ2v) is 2.63. The van der Waals surface area contributed by atoms with Gasteiger partial charge in [0.25, 0.3) is 0 Å². The standard InChI is InChI=1S/C8H13N/c1-7(2)4-5-8(3)6-9/h5,7H,4H2,1-3H3/b8-5-. The highest BCUT2D eigenvalue weighted by atomic mass is 14.2. The Kier molecular flexibility index (Phi) is 3.79. The Balaban J connectivity index is 3.60. The minimum atomic E-state index is 0.660. The minimum Gasteiger partial charge on any atom is -0.193 e. The van der Waals surface area contributed by atoms with Crippen LogP contribution in [0.25, 0.3) is 0 Å². The van der Waals surface area contributed by atoms with Crippen molar-refractivity contribution in [2.75, 3.05) is 0 Å². The number of rotatable bonds is 2. The summed E-state index contributed by atoms with van der Waals surface area (Å²) in [6.07, 6.45) is 2.99. The molecule has 1 nitrogen and oxygen atoms in total. The molecule has 0 unspecified atom stereocenters. The fourth-order valence-corrected chi connectivity index (χ4v) is 0.458. The van der Waals surface area contributed by atoms with E-state index in [1.165, 1.54) is 0 Å². The molecule has 0 bridgehead atoms. The highest BCUT2D eigenvalue weighted by molar-refractivity contribution is 5.16. The van der Waals surface area contributed by atoms with Crippen molar-refractivity contribution in [3.63, 3.8) is 0 Å². The van der Waals surface area contributed by atoms with Crippen molar-refractivity contribution in [2.24, 2.45) is 5.92 Å². The molecule has 0 saturated heterocycles. The summed E-state index contributed by atoms with van der Waals surface area (Å²) in [5.41, 5.74) is 0.823. The topological polar surface area (TPSA) is 23.8 Å². The molecule has 0 aromatic carbocycles. The molecule has 0 heterocycles. The maximum atomic E-state index is 8.33. The predicted octanol–water partition coefficient (Wildman–Crippen LogP) is 2.50. The maximum Gasteiger partial charge on any atom is 0.0940 e. The van der Waals surface area contributed by atoms with Gasteiger partial charge in [-0.1, -0.05) is 19.9 Å². The van der Waals surface area contributed by atoms with Gasteiger partial charge in [0.2, 0.25) is 0 Å². The molecule has 0 rings (SSSR count). The first-order chi connectivity index (χ1) is 4.16. The molecule has 0 amide bonds. The van der Waals surface area contributed by atoms with E-state index >= 15 is 0 Å². The lowest BCUT2D eigenvalue weighted by Crippen LogP contribution is -1.82. The molecular weight excluding hydrogens is 110 g/mol. The lowest BCUT2D eigenvalue weighted by molar-refractivity contribution is 0.662. The van der Waals surface area contributed by atoms with E-state index in [-0.39, 0.29) is 0 Å². The highest BCUT2D eigenvalue weighted by Gasteiger charge is 1.89. The Morgan fingerprint density at radius 1 is 1.67 bits per heavy atom. The van der Waals surface area contributed by atoms with Gasteiger partial charge in [-0.25, -0.2) is 0 Å². The van der Waals surface area contributed by atoms with Crippen LogP contribution in [0.4, 0.5) is 0 Å². The van der Waals surface area contributed by atoms with Crippen LogP contribution < -0.4 is 0 Å². The predicted molar refractivity (Wildman–Crippen MR) is 38.8 cm³/mol. The third kappa shape index (κ3) is 5.10. The Morgan fingerprint density at radius 3 is 2.56 bits per heavy atom. The van der Waals surface area contributed by atoms with Gasteiger partial charge in [-0.15, -0.1) is 0 Å². The lowest BCUT2D eigenvalue weighted by atomic mass is 10.1. The molecule has 0 N–H and O–H groups in total. The molecule has 0 aliphatic rings. The molecule has 0 fully saturated rings. The van der Waals surface area contributed by atoms with E-state index in [9.17, 15) is 0 Å². The first-order valence-corrected chi connectivity index (χ1v) is 3.23. The first-order valence-electron chi connectivity index (χ1n) is 3.23. The monoisotopic (exact) mass is 123 g/mol. The van der Waals surface area contributed by atoms with Gasteiger partial charge < -0.3 is 0 Å². The Morgan fingerprint density at radius 2 is 2.22 bits per heavy atom. The van der Waals surface area contributed by atoms with E-state index in [0.717, 1.165) is 12.0 Å². The Hall–Kier alpha value is -0.770. The molecule has 9 heavy (non-hydrogen) atoms. The van der Waals surface area contributed by atoms with Crippen molar-refractivity contribution >= 4 is 0 Å². The van der Waals surface area contributed by atoms with Crippen molar-refractivity contribution < 1.29 is 0 Å². The lowest BCUT2D eigenvalue weighted by Gasteiger charge is -1.95. The molecule has 0 atom stereocenters. The quantitative estimate of drug-likeness (QED) is 0.517. The first kappa shape index (κ1) is 8.23. The van der Waals surface area contributed by atoms with E-state index in [1.807, 2.05) is 13.0 Å². The summed E-state index contributed by atoms with van der Waals surface area (Å²) in [7, 11) is 0. The maximum absolute atomic E-state index is 8.33. The zero-order valence-electron chi connectivity index (χ0n) is 6.31. The van der Waals surface area contributed by atoms with Gasteiger partial charge >= 0.3 is 0 Å². The third-order valence-electron chi connectivity index (χ3n) is 1.07. The van der Waals surface area contributed by atoms with Crippen molar-refractivity contribution in [3.8, 4) is 6.07 Å². The number of hydrogen-bond donors (Lipinski definition) is 0. The van der Waals surface area contributed by atoms with E-state index in [1.54, 1.807) is 0 Å². The van der Waals surface area contributed by atoms with Gasteiger partial charge in [0, 0.05) is 5.57 Å². The zero-order chi connectivity index (χ0) is 7.28. The Bertz CT molecular complexity index is 137. The summed E-state index contributed by atoms with van der Waals surface area (Å²) in [6.45, 7) is 6.12. The van der Waals surface area contributed by atoms with Crippen LogP contribution in [0.2, 0.25) is 0 Å². The minimum absolute atomic E-state index is 0.660. The number of hydrogen-bond acceptors (Lipinski definition) is 1. The normalized spacial score (nSPS) is 11.7. The van der Waals surface area contributed by atoms with E-state index in [0.29, 0.717) is 5.92 Å². The van der Waals surface area contributed by atoms with Crippen LogP contribution in [0.1, 0.15) is 27.2 Å².